The monoisotopic (exact) mass is 809 g/mol. The average Bonchev–Trinajstić information content (AvgIpc) is 4.00. The van der Waals surface area contributed by atoms with Gasteiger partial charge in [0.25, 0.3) is 0 Å². The molecule has 0 spiro atoms. The Balaban J connectivity index is 0.842. The zero-order valence-electron chi connectivity index (χ0n) is 35.5. The molecule has 4 aromatic carbocycles. The Kier molecular flexibility index (Phi) is 8.67. The first kappa shape index (κ1) is 37.2. The molecule has 0 bridgehead atoms. The second kappa shape index (κ2) is 14.4. The normalized spacial score (nSPS) is 11.8. The number of aromatic nitrogens is 11. The Morgan fingerprint density at radius 2 is 0.677 bits per heavy atom. The van der Waals surface area contributed by atoms with Crippen molar-refractivity contribution in [1.29, 1.82) is 0 Å². The predicted molar refractivity (Wildman–Crippen MR) is 247 cm³/mol. The molecule has 11 aromatic rings. The fourth-order valence-electron chi connectivity index (χ4n) is 8.69. The summed E-state index contributed by atoms with van der Waals surface area (Å²) in [5.74, 6) is 3.33. The molecular formula is C51H43N11. The van der Waals surface area contributed by atoms with Crippen molar-refractivity contribution in [2.45, 2.75) is 26.7 Å². The van der Waals surface area contributed by atoms with Crippen LogP contribution in [0.15, 0.2) is 128 Å². The van der Waals surface area contributed by atoms with E-state index < -0.39 is 0 Å². The van der Waals surface area contributed by atoms with Crippen molar-refractivity contribution < 1.29 is 0 Å². The highest BCUT2D eigenvalue weighted by Gasteiger charge is 2.18. The minimum Gasteiger partial charge on any atom is -0.326 e. The van der Waals surface area contributed by atoms with Gasteiger partial charge in [-0.25, -0.2) is 24.9 Å². The summed E-state index contributed by atoms with van der Waals surface area (Å²) in [5, 5.41) is 0. The van der Waals surface area contributed by atoms with E-state index >= 15 is 0 Å². The van der Waals surface area contributed by atoms with E-state index in [9.17, 15) is 0 Å². The van der Waals surface area contributed by atoms with Crippen LogP contribution in [0, 0.1) is 13.8 Å². The molecule has 11 nitrogen and oxygen atoms in total. The van der Waals surface area contributed by atoms with Gasteiger partial charge in [0.2, 0.25) is 0 Å². The maximum atomic E-state index is 5.14. The number of hydrogen-bond acceptors (Lipinski definition) is 7. The first-order chi connectivity index (χ1) is 30.1. The SMILES string of the molecule is Cc1ccc(-c2nc3cc(Cc4ccc5c(c4)nc(-c4cccc(-c6nc7cc(Cc8ccc9c(c8)nc(-c8ccc(C)cn8)n9C)ccc7n6C)n4)n5C)ccc3n2C)nc1. The summed E-state index contributed by atoms with van der Waals surface area (Å²) in [6, 6.07) is 40.4. The Bertz CT molecular complexity index is 3300. The van der Waals surface area contributed by atoms with Gasteiger partial charge < -0.3 is 18.3 Å². The molecular weight excluding hydrogens is 767 g/mol. The van der Waals surface area contributed by atoms with E-state index in [1.165, 1.54) is 22.3 Å². The van der Waals surface area contributed by atoms with Crippen LogP contribution in [0.2, 0.25) is 0 Å². The molecule has 0 aliphatic carbocycles. The van der Waals surface area contributed by atoms with Gasteiger partial charge in [0.05, 0.1) is 44.1 Å². The van der Waals surface area contributed by atoms with E-state index in [4.69, 9.17) is 24.9 Å². The molecule has 62 heavy (non-hydrogen) atoms. The van der Waals surface area contributed by atoms with Gasteiger partial charge in [-0.05, 0) is 133 Å². The lowest BCUT2D eigenvalue weighted by Gasteiger charge is -2.06. The van der Waals surface area contributed by atoms with Crippen LogP contribution < -0.4 is 0 Å². The van der Waals surface area contributed by atoms with E-state index in [0.29, 0.717) is 0 Å². The lowest BCUT2D eigenvalue weighted by Crippen LogP contribution is -1.98. The molecule has 11 rings (SSSR count). The molecule has 0 radical (unpaired) electrons. The largest absolute Gasteiger partial charge is 0.326 e. The van der Waals surface area contributed by atoms with Crippen LogP contribution in [0.4, 0.5) is 0 Å². The summed E-state index contributed by atoms with van der Waals surface area (Å²) in [6.45, 7) is 4.09. The number of imidazole rings is 4. The Morgan fingerprint density at radius 3 is 0.984 bits per heavy atom. The summed E-state index contributed by atoms with van der Waals surface area (Å²) in [5.41, 5.74) is 18.4. The van der Waals surface area contributed by atoms with Gasteiger partial charge in [-0.3, -0.25) is 9.97 Å². The van der Waals surface area contributed by atoms with Crippen LogP contribution in [0.5, 0.6) is 0 Å². The molecule has 11 heteroatoms. The van der Waals surface area contributed by atoms with E-state index in [1.807, 2.05) is 70.7 Å². The van der Waals surface area contributed by atoms with Crippen LogP contribution in [-0.2, 0) is 41.0 Å². The van der Waals surface area contributed by atoms with Crippen molar-refractivity contribution in [3.8, 4) is 46.1 Å². The van der Waals surface area contributed by atoms with E-state index in [0.717, 1.165) is 114 Å². The smallest absolute Gasteiger partial charge is 0.159 e. The fraction of sp³-hybridized carbons (Fsp3) is 0.157. The van der Waals surface area contributed by atoms with Gasteiger partial charge in [0.15, 0.2) is 23.3 Å². The lowest BCUT2D eigenvalue weighted by molar-refractivity contribution is 0.938. The van der Waals surface area contributed by atoms with Crippen LogP contribution in [-0.4, -0.2) is 53.2 Å². The number of fused-ring (bicyclic) bond motifs is 4. The second-order valence-electron chi connectivity index (χ2n) is 16.5. The zero-order valence-corrected chi connectivity index (χ0v) is 35.5. The first-order valence-corrected chi connectivity index (χ1v) is 20.8. The van der Waals surface area contributed by atoms with E-state index in [2.05, 4.69) is 127 Å². The van der Waals surface area contributed by atoms with Gasteiger partial charge in [-0.15, -0.1) is 0 Å². The lowest BCUT2D eigenvalue weighted by atomic mass is 10.0. The highest BCUT2D eigenvalue weighted by atomic mass is 15.1. The van der Waals surface area contributed by atoms with Crippen molar-refractivity contribution in [3.63, 3.8) is 0 Å². The topological polar surface area (TPSA) is 110 Å². The van der Waals surface area contributed by atoms with Gasteiger partial charge >= 0.3 is 0 Å². The predicted octanol–water partition coefficient (Wildman–Crippen LogP) is 9.88. The summed E-state index contributed by atoms with van der Waals surface area (Å²) in [4.78, 5) is 34.6. The number of rotatable bonds is 8. The van der Waals surface area contributed by atoms with Gasteiger partial charge in [-0.2, -0.15) is 0 Å². The molecule has 0 aliphatic heterocycles. The van der Waals surface area contributed by atoms with Gasteiger partial charge in [0.1, 0.15) is 22.8 Å². The molecule has 0 fully saturated rings. The molecule has 7 heterocycles. The zero-order chi connectivity index (χ0) is 42.2. The average molecular weight is 810 g/mol. The van der Waals surface area contributed by atoms with E-state index in [-0.39, 0.29) is 0 Å². The standard InChI is InChI=1S/C51H43N11/c1-30-10-16-36(52-28-30)48-55-40-24-32(12-18-44(40)59(48)3)22-34-14-20-46-42(26-34)57-50(61(46)5)38-8-7-9-39(54-38)51-58-43-27-35(15-21-47(43)62(51)6)23-33-13-19-45-41(25-33)56-49(60(45)4)37-17-11-31(2)29-53-37/h7-21,24-29H,22-23H2,1-6H3. The third-order valence-electron chi connectivity index (χ3n) is 12.1. The number of aryl methyl sites for hydroxylation is 6. The van der Waals surface area contributed by atoms with E-state index in [1.54, 1.807) is 0 Å². The molecule has 0 unspecified atom stereocenters. The van der Waals surface area contributed by atoms with Crippen LogP contribution in [0.25, 0.3) is 90.2 Å². The molecule has 0 saturated heterocycles. The molecule has 0 aliphatic rings. The van der Waals surface area contributed by atoms with Crippen LogP contribution >= 0.6 is 0 Å². The van der Waals surface area contributed by atoms with Crippen molar-refractivity contribution in [3.05, 3.63) is 161 Å². The second-order valence-corrected chi connectivity index (χ2v) is 16.5. The fourth-order valence-corrected chi connectivity index (χ4v) is 8.69. The Morgan fingerprint density at radius 1 is 0.355 bits per heavy atom. The van der Waals surface area contributed by atoms with Gasteiger partial charge in [0, 0.05) is 40.6 Å². The molecule has 0 atom stereocenters. The first-order valence-electron chi connectivity index (χ1n) is 20.8. The summed E-state index contributed by atoms with van der Waals surface area (Å²) < 4.78 is 8.46. The van der Waals surface area contributed by atoms with Crippen molar-refractivity contribution in [2.24, 2.45) is 28.2 Å². The Hall–Kier alpha value is -7.79. The third-order valence-corrected chi connectivity index (χ3v) is 12.1. The molecule has 0 amide bonds. The maximum Gasteiger partial charge on any atom is 0.159 e. The van der Waals surface area contributed by atoms with Crippen molar-refractivity contribution in [1.82, 2.24) is 53.2 Å². The molecule has 7 aromatic heterocycles. The number of benzene rings is 4. The van der Waals surface area contributed by atoms with Crippen LogP contribution in [0.1, 0.15) is 33.4 Å². The molecule has 0 saturated carbocycles. The Labute approximate surface area is 358 Å². The summed E-state index contributed by atoms with van der Waals surface area (Å²) >= 11 is 0. The van der Waals surface area contributed by atoms with Gasteiger partial charge in [-0.1, -0.05) is 42.5 Å². The third kappa shape index (κ3) is 6.40. The highest BCUT2D eigenvalue weighted by molar-refractivity contribution is 5.84. The summed E-state index contributed by atoms with van der Waals surface area (Å²) in [6.07, 6.45) is 5.30. The minimum atomic E-state index is 0.765. The quantitative estimate of drug-likeness (QED) is 0.150. The van der Waals surface area contributed by atoms with Crippen molar-refractivity contribution in [2.75, 3.05) is 0 Å². The highest BCUT2D eigenvalue weighted by Crippen LogP contribution is 2.30. The summed E-state index contributed by atoms with van der Waals surface area (Å²) in [7, 11) is 8.19. The maximum absolute atomic E-state index is 5.14. The molecule has 302 valence electrons. The minimum absolute atomic E-state index is 0.765. The number of hydrogen-bond donors (Lipinski definition) is 0. The van der Waals surface area contributed by atoms with Crippen LogP contribution in [0.3, 0.4) is 0 Å². The number of nitrogens with zero attached hydrogens (tertiary/aromatic N) is 11. The molecule has 0 N–H and O–H groups in total. The van der Waals surface area contributed by atoms with Crippen molar-refractivity contribution >= 4 is 44.1 Å². The number of pyridine rings is 3.